The summed E-state index contributed by atoms with van der Waals surface area (Å²) in [5, 5.41) is 5.28. The Labute approximate surface area is 183 Å². The lowest BCUT2D eigenvalue weighted by molar-refractivity contribution is -0.137. The summed E-state index contributed by atoms with van der Waals surface area (Å²) in [6.07, 6.45) is -3.74. The van der Waals surface area contributed by atoms with Gasteiger partial charge in [-0.05, 0) is 54.4 Å². The number of ether oxygens (including phenoxy) is 1. The van der Waals surface area contributed by atoms with E-state index in [0.29, 0.717) is 5.69 Å². The Hall–Kier alpha value is -3.81. The monoisotopic (exact) mass is 442 g/mol. The van der Waals surface area contributed by atoms with E-state index in [0.717, 1.165) is 24.1 Å². The normalized spacial score (nSPS) is 11.0. The lowest BCUT2D eigenvalue weighted by atomic mass is 10.1. The van der Waals surface area contributed by atoms with E-state index >= 15 is 0 Å². The highest BCUT2D eigenvalue weighted by atomic mass is 19.4. The average molecular weight is 442 g/mol. The number of rotatable bonds is 7. The number of hydrogen-bond donors (Lipinski definition) is 2. The molecule has 0 saturated carbocycles. The van der Waals surface area contributed by atoms with Gasteiger partial charge in [0.05, 0.1) is 12.1 Å². The average Bonchev–Trinajstić information content (AvgIpc) is 2.77. The first-order valence-electron chi connectivity index (χ1n) is 9.87. The maximum atomic E-state index is 12.9. The van der Waals surface area contributed by atoms with Crippen LogP contribution in [0.15, 0.2) is 72.8 Å². The molecule has 0 aliphatic heterocycles. The van der Waals surface area contributed by atoms with Crippen LogP contribution in [0.5, 0.6) is 11.5 Å². The molecule has 0 heterocycles. The van der Waals surface area contributed by atoms with Crippen LogP contribution in [0.3, 0.4) is 0 Å². The first kappa shape index (κ1) is 22.9. The van der Waals surface area contributed by atoms with Gasteiger partial charge in [0, 0.05) is 11.3 Å². The third-order valence-electron chi connectivity index (χ3n) is 4.58. The Balaban J connectivity index is 1.61. The lowest BCUT2D eigenvalue weighted by Gasteiger charge is -2.12. The number of halogens is 3. The molecule has 8 heteroatoms. The summed E-state index contributed by atoms with van der Waals surface area (Å²) in [4.78, 5) is 24.6. The number of carbonyl (C=O) groups excluding carboxylic acids is 2. The van der Waals surface area contributed by atoms with Gasteiger partial charge in [0.25, 0.3) is 5.91 Å². The van der Waals surface area contributed by atoms with Gasteiger partial charge in [0.15, 0.2) is 0 Å². The van der Waals surface area contributed by atoms with Crippen molar-refractivity contribution in [2.45, 2.75) is 19.5 Å². The smallest absolute Gasteiger partial charge is 0.416 e. The number of aryl methyl sites for hydroxylation is 1. The maximum absolute atomic E-state index is 12.9. The summed E-state index contributed by atoms with van der Waals surface area (Å²) < 4.78 is 44.1. The second kappa shape index (κ2) is 10.00. The topological polar surface area (TPSA) is 67.4 Å². The van der Waals surface area contributed by atoms with Gasteiger partial charge in [-0.1, -0.05) is 37.3 Å². The number of amides is 2. The highest BCUT2D eigenvalue weighted by Crippen LogP contribution is 2.32. The number of para-hydroxylation sites is 1. The van der Waals surface area contributed by atoms with Crippen molar-refractivity contribution in [2.75, 3.05) is 11.9 Å². The van der Waals surface area contributed by atoms with Crippen molar-refractivity contribution in [1.29, 1.82) is 0 Å². The molecule has 32 heavy (non-hydrogen) atoms. The maximum Gasteiger partial charge on any atom is 0.416 e. The Kier molecular flexibility index (Phi) is 7.14. The van der Waals surface area contributed by atoms with Crippen molar-refractivity contribution < 1.29 is 27.5 Å². The number of hydrogen-bond acceptors (Lipinski definition) is 3. The van der Waals surface area contributed by atoms with E-state index in [1.807, 2.05) is 25.1 Å². The number of anilines is 1. The van der Waals surface area contributed by atoms with Gasteiger partial charge in [0.2, 0.25) is 5.91 Å². The molecule has 3 aromatic carbocycles. The fourth-order valence-electron chi connectivity index (χ4n) is 2.98. The fourth-order valence-corrected chi connectivity index (χ4v) is 2.98. The predicted molar refractivity (Wildman–Crippen MR) is 115 cm³/mol. The van der Waals surface area contributed by atoms with E-state index in [2.05, 4.69) is 10.6 Å². The molecule has 5 nitrogen and oxygen atoms in total. The minimum atomic E-state index is -4.49. The van der Waals surface area contributed by atoms with Gasteiger partial charge in [-0.2, -0.15) is 13.2 Å². The molecule has 0 atom stereocenters. The zero-order valence-electron chi connectivity index (χ0n) is 17.2. The highest BCUT2D eigenvalue weighted by molar-refractivity contribution is 5.99. The Morgan fingerprint density at radius 2 is 1.59 bits per heavy atom. The summed E-state index contributed by atoms with van der Waals surface area (Å²) in [7, 11) is 0. The van der Waals surface area contributed by atoms with Crippen molar-refractivity contribution in [3.63, 3.8) is 0 Å². The summed E-state index contributed by atoms with van der Waals surface area (Å²) in [5.41, 5.74) is 1.04. The van der Waals surface area contributed by atoms with Crippen LogP contribution < -0.4 is 15.4 Å². The lowest BCUT2D eigenvalue weighted by Crippen LogP contribution is -2.33. The molecule has 3 rings (SSSR count). The molecule has 166 valence electrons. The summed E-state index contributed by atoms with van der Waals surface area (Å²) in [5.74, 6) is -0.710. The molecular weight excluding hydrogens is 421 g/mol. The summed E-state index contributed by atoms with van der Waals surface area (Å²) in [6, 6.07) is 17.8. The van der Waals surface area contributed by atoms with Crippen molar-refractivity contribution in [3.8, 4) is 11.5 Å². The molecule has 0 aliphatic rings. The van der Waals surface area contributed by atoms with Crippen molar-refractivity contribution in [2.24, 2.45) is 0 Å². The van der Waals surface area contributed by atoms with Crippen LogP contribution in [0.2, 0.25) is 0 Å². The SMILES string of the molecule is CCc1ccccc1NC(=O)CNC(=O)c1cccc(Oc2cccc(C(F)(F)F)c2)c1. The molecule has 0 aromatic heterocycles. The number of nitrogens with one attached hydrogen (secondary N) is 2. The molecule has 0 spiro atoms. The van der Waals surface area contributed by atoms with Gasteiger partial charge in [-0.25, -0.2) is 0 Å². The van der Waals surface area contributed by atoms with Crippen LogP contribution in [0.4, 0.5) is 18.9 Å². The third-order valence-corrected chi connectivity index (χ3v) is 4.58. The molecule has 2 N–H and O–H groups in total. The van der Waals surface area contributed by atoms with E-state index in [9.17, 15) is 22.8 Å². The quantitative estimate of drug-likeness (QED) is 0.513. The van der Waals surface area contributed by atoms with Crippen molar-refractivity contribution in [3.05, 3.63) is 89.5 Å². The zero-order chi connectivity index (χ0) is 23.1. The van der Waals surface area contributed by atoms with E-state index in [-0.39, 0.29) is 29.5 Å². The predicted octanol–water partition coefficient (Wildman–Crippen LogP) is 5.43. The Morgan fingerprint density at radius 3 is 2.31 bits per heavy atom. The van der Waals surface area contributed by atoms with Crippen LogP contribution in [-0.2, 0) is 17.4 Å². The molecule has 2 amide bonds. The molecular formula is C24H21F3N2O3. The second-order valence-corrected chi connectivity index (χ2v) is 6.90. The molecule has 0 saturated heterocycles. The first-order chi connectivity index (χ1) is 15.3. The Bertz CT molecular complexity index is 1110. The summed E-state index contributed by atoms with van der Waals surface area (Å²) >= 11 is 0. The number of benzene rings is 3. The fraction of sp³-hybridized carbons (Fsp3) is 0.167. The molecule has 0 aliphatic carbocycles. The number of alkyl halides is 3. The van der Waals surface area contributed by atoms with Crippen LogP contribution in [-0.4, -0.2) is 18.4 Å². The summed E-state index contributed by atoms with van der Waals surface area (Å²) in [6.45, 7) is 1.73. The van der Waals surface area contributed by atoms with Gasteiger partial charge < -0.3 is 15.4 Å². The van der Waals surface area contributed by atoms with Crippen LogP contribution in [0, 0.1) is 0 Å². The van der Waals surface area contributed by atoms with Crippen molar-refractivity contribution in [1.82, 2.24) is 5.32 Å². The van der Waals surface area contributed by atoms with Gasteiger partial charge in [-0.3, -0.25) is 9.59 Å². The molecule has 3 aromatic rings. The third kappa shape index (κ3) is 6.10. The van der Waals surface area contributed by atoms with Crippen LogP contribution in [0.1, 0.15) is 28.4 Å². The standard InChI is InChI=1S/C24H21F3N2O3/c1-2-16-7-3-4-12-21(16)29-22(30)15-28-23(31)17-8-5-10-19(13-17)32-20-11-6-9-18(14-20)24(25,26)27/h3-14H,2,15H2,1H3,(H,28,31)(H,29,30). The van der Waals surface area contributed by atoms with Crippen molar-refractivity contribution >= 4 is 17.5 Å². The minimum absolute atomic E-state index is 0.00801. The first-order valence-corrected chi connectivity index (χ1v) is 9.87. The minimum Gasteiger partial charge on any atom is -0.457 e. The molecule has 0 fully saturated rings. The molecule has 0 radical (unpaired) electrons. The molecule has 0 bridgehead atoms. The highest BCUT2D eigenvalue weighted by Gasteiger charge is 2.30. The van der Waals surface area contributed by atoms with Gasteiger partial charge >= 0.3 is 6.18 Å². The van der Waals surface area contributed by atoms with Crippen LogP contribution in [0.25, 0.3) is 0 Å². The van der Waals surface area contributed by atoms with E-state index < -0.39 is 17.6 Å². The van der Waals surface area contributed by atoms with Gasteiger partial charge in [0.1, 0.15) is 11.5 Å². The Morgan fingerprint density at radius 1 is 0.906 bits per heavy atom. The van der Waals surface area contributed by atoms with Crippen LogP contribution >= 0.6 is 0 Å². The largest absolute Gasteiger partial charge is 0.457 e. The van der Waals surface area contributed by atoms with E-state index in [4.69, 9.17) is 4.74 Å². The number of carbonyl (C=O) groups is 2. The van der Waals surface area contributed by atoms with E-state index in [1.54, 1.807) is 6.07 Å². The van der Waals surface area contributed by atoms with Gasteiger partial charge in [-0.15, -0.1) is 0 Å². The molecule has 0 unspecified atom stereocenters. The second-order valence-electron chi connectivity index (χ2n) is 6.90. The van der Waals surface area contributed by atoms with E-state index in [1.165, 1.54) is 36.4 Å². The zero-order valence-corrected chi connectivity index (χ0v) is 17.2.